The van der Waals surface area contributed by atoms with Crippen LogP contribution >= 0.6 is 0 Å². The molecule has 0 saturated carbocycles. The lowest BCUT2D eigenvalue weighted by atomic mass is 9.89. The van der Waals surface area contributed by atoms with Crippen LogP contribution in [-0.2, 0) is 0 Å². The van der Waals surface area contributed by atoms with Crippen LogP contribution in [0.3, 0.4) is 0 Å². The van der Waals surface area contributed by atoms with Crippen molar-refractivity contribution in [1.29, 1.82) is 0 Å². The number of hydrogen-bond donors (Lipinski definition) is 0. The van der Waals surface area contributed by atoms with Gasteiger partial charge >= 0.3 is 0 Å². The van der Waals surface area contributed by atoms with E-state index in [0.717, 1.165) is 33.9 Å². The summed E-state index contributed by atoms with van der Waals surface area (Å²) in [6.07, 6.45) is 3.90. The Morgan fingerprint density at radius 2 is 1.16 bits per heavy atom. The highest BCUT2D eigenvalue weighted by Crippen LogP contribution is 2.54. The van der Waals surface area contributed by atoms with E-state index in [1.165, 1.54) is 38.1 Å². The second-order valence-electron chi connectivity index (χ2n) is 9.63. The minimum absolute atomic E-state index is 0.839. The molecule has 0 N–H and O–H groups in total. The zero-order chi connectivity index (χ0) is 25.1. The number of ether oxygens (including phenoxy) is 1. The van der Waals surface area contributed by atoms with E-state index in [0.29, 0.717) is 0 Å². The van der Waals surface area contributed by atoms with Gasteiger partial charge in [-0.3, -0.25) is 4.98 Å². The number of anilines is 3. The number of rotatable bonds is 2. The Morgan fingerprint density at radius 1 is 0.526 bits per heavy atom. The van der Waals surface area contributed by atoms with E-state index in [-0.39, 0.29) is 0 Å². The van der Waals surface area contributed by atoms with E-state index in [1.54, 1.807) is 0 Å². The van der Waals surface area contributed by atoms with Gasteiger partial charge in [-0.2, -0.15) is 0 Å². The fraction of sp³-hybridized carbons (Fsp3) is 0. The number of pyridine rings is 1. The lowest BCUT2D eigenvalue weighted by molar-refractivity contribution is 0.477. The predicted octanol–water partition coefficient (Wildman–Crippen LogP) is 9.78. The average molecular weight is 487 g/mol. The fourth-order valence-electron chi connectivity index (χ4n) is 5.84. The molecule has 2 heterocycles. The third-order valence-corrected chi connectivity index (χ3v) is 7.49. The molecule has 1 aromatic heterocycles. The van der Waals surface area contributed by atoms with E-state index < -0.39 is 0 Å². The number of hydrogen-bond acceptors (Lipinski definition) is 3. The van der Waals surface area contributed by atoms with Gasteiger partial charge in [-0.25, -0.2) is 0 Å². The Labute approximate surface area is 220 Å². The number of nitrogens with zero attached hydrogens (tertiary/aromatic N) is 2. The largest absolute Gasteiger partial charge is 0.453 e. The molecule has 0 aliphatic carbocycles. The van der Waals surface area contributed by atoms with Crippen molar-refractivity contribution in [3.05, 3.63) is 134 Å². The first-order valence-electron chi connectivity index (χ1n) is 12.8. The Hall–Kier alpha value is -5.15. The number of aromatic nitrogens is 1. The van der Waals surface area contributed by atoms with Crippen LogP contribution in [0.2, 0.25) is 0 Å². The maximum atomic E-state index is 6.33. The summed E-state index contributed by atoms with van der Waals surface area (Å²) >= 11 is 0. The quantitative estimate of drug-likeness (QED) is 0.227. The third kappa shape index (κ3) is 3.06. The first kappa shape index (κ1) is 21.0. The molecule has 178 valence electrons. The molecule has 8 rings (SSSR count). The molecule has 0 radical (unpaired) electrons. The smallest absolute Gasteiger partial charge is 0.151 e. The Bertz CT molecular complexity index is 1920. The van der Waals surface area contributed by atoms with E-state index in [1.807, 2.05) is 36.7 Å². The highest BCUT2D eigenvalue weighted by molar-refractivity contribution is 6.22. The van der Waals surface area contributed by atoms with Gasteiger partial charge in [0.1, 0.15) is 0 Å². The summed E-state index contributed by atoms with van der Waals surface area (Å²) < 4.78 is 6.33. The standard InChI is InChI=1S/C35H22N2O/c1-2-10-24-21-25(18-17-23(24)9-1)34-26-11-3-4-12-28(26)35(29-22-36-20-19-27(29)34)37-30-13-5-7-15-32(30)38-33-16-8-6-14-31(33)37/h1-22H. The summed E-state index contributed by atoms with van der Waals surface area (Å²) in [4.78, 5) is 6.95. The molecule has 0 unspecified atom stereocenters. The number of fused-ring (bicyclic) bond motifs is 5. The fourth-order valence-corrected chi connectivity index (χ4v) is 5.84. The van der Waals surface area contributed by atoms with Crippen molar-refractivity contribution in [1.82, 2.24) is 4.98 Å². The summed E-state index contributed by atoms with van der Waals surface area (Å²) in [5.41, 5.74) is 5.56. The van der Waals surface area contributed by atoms with Crippen molar-refractivity contribution in [3.8, 4) is 22.6 Å². The zero-order valence-electron chi connectivity index (χ0n) is 20.5. The van der Waals surface area contributed by atoms with E-state index in [9.17, 15) is 0 Å². The van der Waals surface area contributed by atoms with Crippen molar-refractivity contribution in [2.75, 3.05) is 4.90 Å². The van der Waals surface area contributed by atoms with Crippen LogP contribution in [0.15, 0.2) is 134 Å². The Morgan fingerprint density at radius 3 is 1.95 bits per heavy atom. The molecule has 6 aromatic carbocycles. The first-order valence-corrected chi connectivity index (χ1v) is 12.8. The molecule has 0 spiro atoms. The van der Waals surface area contributed by atoms with Gasteiger partial charge in [-0.15, -0.1) is 0 Å². The second-order valence-corrected chi connectivity index (χ2v) is 9.63. The monoisotopic (exact) mass is 486 g/mol. The van der Waals surface area contributed by atoms with Gasteiger partial charge in [0.25, 0.3) is 0 Å². The topological polar surface area (TPSA) is 25.4 Å². The van der Waals surface area contributed by atoms with Gasteiger partial charge in [0, 0.05) is 23.2 Å². The summed E-state index contributed by atoms with van der Waals surface area (Å²) in [7, 11) is 0. The molecule has 0 atom stereocenters. The van der Waals surface area contributed by atoms with Gasteiger partial charge in [0.15, 0.2) is 11.5 Å². The van der Waals surface area contributed by atoms with E-state index in [4.69, 9.17) is 4.74 Å². The number of para-hydroxylation sites is 4. The molecule has 0 fully saturated rings. The second kappa shape index (κ2) is 8.19. The lowest BCUT2D eigenvalue weighted by Gasteiger charge is -2.34. The SMILES string of the molecule is c1ccc2c(c1)Oc1ccccc1N2c1c2ccccc2c(-c2ccc3ccccc3c2)c2ccncc12. The summed E-state index contributed by atoms with van der Waals surface area (Å²) in [5, 5.41) is 7.12. The minimum Gasteiger partial charge on any atom is -0.453 e. The zero-order valence-corrected chi connectivity index (χ0v) is 20.5. The number of benzene rings is 6. The minimum atomic E-state index is 0.839. The van der Waals surface area contributed by atoms with Crippen molar-refractivity contribution in [3.63, 3.8) is 0 Å². The van der Waals surface area contributed by atoms with Gasteiger partial charge in [-0.1, -0.05) is 84.9 Å². The molecule has 1 aliphatic heterocycles. The van der Waals surface area contributed by atoms with Crippen LogP contribution in [-0.4, -0.2) is 4.98 Å². The predicted molar refractivity (Wildman–Crippen MR) is 157 cm³/mol. The van der Waals surface area contributed by atoms with Gasteiger partial charge < -0.3 is 9.64 Å². The maximum absolute atomic E-state index is 6.33. The molecule has 7 aromatic rings. The first-order chi connectivity index (χ1) is 18.9. The Kier molecular flexibility index (Phi) is 4.52. The normalized spacial score (nSPS) is 12.4. The highest BCUT2D eigenvalue weighted by Gasteiger charge is 2.29. The maximum Gasteiger partial charge on any atom is 0.151 e. The lowest BCUT2D eigenvalue weighted by Crippen LogP contribution is -2.16. The van der Waals surface area contributed by atoms with E-state index in [2.05, 4.69) is 107 Å². The van der Waals surface area contributed by atoms with Gasteiger partial charge in [0.05, 0.1) is 17.1 Å². The summed E-state index contributed by atoms with van der Waals surface area (Å²) in [6.45, 7) is 0. The summed E-state index contributed by atoms with van der Waals surface area (Å²) in [6, 6.07) is 42.6. The van der Waals surface area contributed by atoms with Crippen LogP contribution < -0.4 is 9.64 Å². The van der Waals surface area contributed by atoms with Crippen LogP contribution in [0.25, 0.3) is 43.4 Å². The van der Waals surface area contributed by atoms with E-state index >= 15 is 0 Å². The van der Waals surface area contributed by atoms with Crippen molar-refractivity contribution < 1.29 is 4.74 Å². The molecule has 1 aliphatic rings. The van der Waals surface area contributed by atoms with Crippen molar-refractivity contribution in [2.45, 2.75) is 0 Å². The van der Waals surface area contributed by atoms with Crippen LogP contribution in [0.1, 0.15) is 0 Å². The molecular weight excluding hydrogens is 464 g/mol. The van der Waals surface area contributed by atoms with Gasteiger partial charge in [0.2, 0.25) is 0 Å². The average Bonchev–Trinajstić information content (AvgIpc) is 2.98. The van der Waals surface area contributed by atoms with Crippen molar-refractivity contribution >= 4 is 49.4 Å². The molecule has 0 saturated heterocycles. The molecular formula is C35H22N2O. The Balaban J connectivity index is 1.51. The van der Waals surface area contributed by atoms with Crippen molar-refractivity contribution in [2.24, 2.45) is 0 Å². The van der Waals surface area contributed by atoms with Crippen LogP contribution in [0, 0.1) is 0 Å². The molecule has 0 amide bonds. The highest BCUT2D eigenvalue weighted by atomic mass is 16.5. The molecule has 38 heavy (non-hydrogen) atoms. The van der Waals surface area contributed by atoms with Crippen LogP contribution in [0.5, 0.6) is 11.5 Å². The molecule has 3 heteroatoms. The van der Waals surface area contributed by atoms with Gasteiger partial charge in [-0.05, 0) is 69.1 Å². The van der Waals surface area contributed by atoms with Crippen LogP contribution in [0.4, 0.5) is 17.1 Å². The molecule has 3 nitrogen and oxygen atoms in total. The molecule has 0 bridgehead atoms. The third-order valence-electron chi connectivity index (χ3n) is 7.49. The summed E-state index contributed by atoms with van der Waals surface area (Å²) in [5.74, 6) is 1.68.